The van der Waals surface area contributed by atoms with Crippen molar-refractivity contribution in [1.29, 1.82) is 0 Å². The molecule has 0 saturated carbocycles. The molecule has 118 valence electrons. The predicted molar refractivity (Wildman–Crippen MR) is 71.0 cm³/mol. The van der Waals surface area contributed by atoms with E-state index in [0.717, 1.165) is 12.1 Å². The zero-order valence-corrected chi connectivity index (χ0v) is 11.8. The number of alkyl halides is 2. The fourth-order valence-electron chi connectivity index (χ4n) is 1.44. The van der Waals surface area contributed by atoms with Crippen molar-refractivity contribution in [3.8, 4) is 0 Å². The Kier molecular flexibility index (Phi) is 5.55. The van der Waals surface area contributed by atoms with Gasteiger partial charge in [0.2, 0.25) is 9.84 Å². The van der Waals surface area contributed by atoms with Crippen LogP contribution >= 0.6 is 0 Å². The van der Waals surface area contributed by atoms with E-state index in [4.69, 9.17) is 5.11 Å². The molecule has 0 amide bonds. The minimum absolute atomic E-state index is 0.00600. The molecular formula is C11H14F2N2O5S. The first kappa shape index (κ1) is 17.2. The van der Waals surface area contributed by atoms with Crippen LogP contribution in [-0.2, 0) is 9.84 Å². The Labute approximate surface area is 119 Å². The maximum absolute atomic E-state index is 12.4. The minimum atomic E-state index is -4.89. The van der Waals surface area contributed by atoms with Crippen LogP contribution in [0.2, 0.25) is 0 Å². The van der Waals surface area contributed by atoms with Crippen molar-refractivity contribution in [2.75, 3.05) is 18.5 Å². The van der Waals surface area contributed by atoms with E-state index in [1.807, 2.05) is 0 Å². The summed E-state index contributed by atoms with van der Waals surface area (Å²) in [5.74, 6) is -3.83. The van der Waals surface area contributed by atoms with Crippen LogP contribution in [-0.4, -0.2) is 37.4 Å². The maximum atomic E-state index is 12.4. The molecule has 1 rings (SSSR count). The Morgan fingerprint density at radius 1 is 1.43 bits per heavy atom. The van der Waals surface area contributed by atoms with Gasteiger partial charge in [-0.1, -0.05) is 6.92 Å². The van der Waals surface area contributed by atoms with Crippen molar-refractivity contribution in [3.63, 3.8) is 0 Å². The second kappa shape index (κ2) is 6.76. The molecule has 7 nitrogen and oxygen atoms in total. The number of nitro benzene ring substituents is 1. The Bertz CT molecular complexity index is 621. The second-order valence-corrected chi connectivity index (χ2v) is 6.33. The number of anilines is 1. The SMILES string of the molecule is CC(CO)CNc1ccc(S(=O)(=O)C(F)F)cc1[N+](=O)[O-]. The number of halogens is 2. The third kappa shape index (κ3) is 4.08. The molecule has 1 unspecified atom stereocenters. The highest BCUT2D eigenvalue weighted by Gasteiger charge is 2.29. The minimum Gasteiger partial charge on any atom is -0.396 e. The fraction of sp³-hybridized carbons (Fsp3) is 0.455. The first-order valence-corrected chi connectivity index (χ1v) is 7.40. The van der Waals surface area contributed by atoms with Crippen molar-refractivity contribution in [3.05, 3.63) is 28.3 Å². The molecule has 0 aromatic heterocycles. The molecule has 0 bridgehead atoms. The number of hydrogen-bond acceptors (Lipinski definition) is 6. The van der Waals surface area contributed by atoms with Crippen molar-refractivity contribution in [2.24, 2.45) is 5.92 Å². The van der Waals surface area contributed by atoms with Crippen LogP contribution in [0, 0.1) is 16.0 Å². The molecule has 1 aromatic rings. The van der Waals surface area contributed by atoms with E-state index in [1.54, 1.807) is 6.92 Å². The summed E-state index contributed by atoms with van der Waals surface area (Å²) in [5, 5.41) is 22.5. The highest BCUT2D eigenvalue weighted by atomic mass is 32.2. The van der Waals surface area contributed by atoms with E-state index in [1.165, 1.54) is 0 Å². The van der Waals surface area contributed by atoms with Crippen LogP contribution in [0.3, 0.4) is 0 Å². The van der Waals surface area contributed by atoms with Crippen LogP contribution in [0.15, 0.2) is 23.1 Å². The van der Waals surface area contributed by atoms with Gasteiger partial charge < -0.3 is 10.4 Å². The zero-order chi connectivity index (χ0) is 16.2. The fourth-order valence-corrected chi connectivity index (χ4v) is 2.18. The molecule has 0 saturated heterocycles. The van der Waals surface area contributed by atoms with Crippen LogP contribution in [0.25, 0.3) is 0 Å². The van der Waals surface area contributed by atoms with Crippen molar-refractivity contribution in [1.82, 2.24) is 0 Å². The summed E-state index contributed by atoms with van der Waals surface area (Å²) >= 11 is 0. The second-order valence-electron chi connectivity index (χ2n) is 4.41. The number of hydrogen-bond donors (Lipinski definition) is 2. The van der Waals surface area contributed by atoms with Gasteiger partial charge in [-0.3, -0.25) is 10.1 Å². The maximum Gasteiger partial charge on any atom is 0.341 e. The lowest BCUT2D eigenvalue weighted by molar-refractivity contribution is -0.384. The molecule has 0 heterocycles. The third-order valence-corrected chi connectivity index (χ3v) is 4.06. The van der Waals surface area contributed by atoms with Crippen molar-refractivity contribution < 1.29 is 27.2 Å². The molecule has 0 aliphatic carbocycles. The van der Waals surface area contributed by atoms with Crippen molar-refractivity contribution in [2.45, 2.75) is 17.6 Å². The molecule has 1 atom stereocenters. The number of nitrogens with one attached hydrogen (secondary N) is 1. The molecule has 0 spiro atoms. The van der Waals surface area contributed by atoms with Gasteiger partial charge in [0.1, 0.15) is 5.69 Å². The number of rotatable bonds is 7. The van der Waals surface area contributed by atoms with Gasteiger partial charge in [-0.25, -0.2) is 8.42 Å². The van der Waals surface area contributed by atoms with E-state index in [2.05, 4.69) is 5.32 Å². The average molecular weight is 324 g/mol. The Balaban J connectivity index is 3.17. The van der Waals surface area contributed by atoms with E-state index >= 15 is 0 Å². The lowest BCUT2D eigenvalue weighted by Crippen LogP contribution is -2.16. The van der Waals surface area contributed by atoms with Gasteiger partial charge in [-0.15, -0.1) is 0 Å². The topological polar surface area (TPSA) is 110 Å². The first-order chi connectivity index (χ1) is 9.70. The van der Waals surface area contributed by atoms with Gasteiger partial charge in [0, 0.05) is 19.2 Å². The molecule has 2 N–H and O–H groups in total. The quantitative estimate of drug-likeness (QED) is 0.583. The normalized spacial score (nSPS) is 13.2. The van der Waals surface area contributed by atoms with Gasteiger partial charge >= 0.3 is 5.76 Å². The van der Waals surface area contributed by atoms with Gasteiger partial charge in [0.25, 0.3) is 5.69 Å². The van der Waals surface area contributed by atoms with Crippen LogP contribution in [0.1, 0.15) is 6.92 Å². The number of nitrogens with zero attached hydrogens (tertiary/aromatic N) is 1. The lowest BCUT2D eigenvalue weighted by Gasteiger charge is -2.12. The van der Waals surface area contributed by atoms with Gasteiger partial charge in [0.05, 0.1) is 9.82 Å². The molecular weight excluding hydrogens is 310 g/mol. The highest BCUT2D eigenvalue weighted by molar-refractivity contribution is 7.91. The molecule has 0 aliphatic heterocycles. The van der Waals surface area contributed by atoms with Crippen molar-refractivity contribution >= 4 is 21.2 Å². The third-order valence-electron chi connectivity index (χ3n) is 2.68. The Hall–Kier alpha value is -1.81. The average Bonchev–Trinajstić information content (AvgIpc) is 2.43. The van der Waals surface area contributed by atoms with Gasteiger partial charge in [-0.2, -0.15) is 8.78 Å². The largest absolute Gasteiger partial charge is 0.396 e. The molecule has 0 aliphatic rings. The number of sulfone groups is 1. The van der Waals surface area contributed by atoms with Crippen LogP contribution < -0.4 is 5.32 Å². The first-order valence-electron chi connectivity index (χ1n) is 5.85. The number of aliphatic hydroxyl groups excluding tert-OH is 1. The molecule has 0 radical (unpaired) electrons. The van der Waals surface area contributed by atoms with Gasteiger partial charge in [0.15, 0.2) is 0 Å². The van der Waals surface area contributed by atoms with E-state index in [9.17, 15) is 27.3 Å². The standard InChI is InChI=1S/C11H14F2N2O5S/c1-7(6-16)5-14-9-3-2-8(4-10(9)15(17)18)21(19,20)11(12)13/h2-4,7,11,14,16H,5-6H2,1H3. The summed E-state index contributed by atoms with van der Waals surface area (Å²) in [5.41, 5.74) is -0.629. The molecule has 0 fully saturated rings. The Morgan fingerprint density at radius 3 is 2.52 bits per heavy atom. The molecule has 1 aromatic carbocycles. The highest BCUT2D eigenvalue weighted by Crippen LogP contribution is 2.29. The number of benzene rings is 1. The summed E-state index contributed by atoms with van der Waals surface area (Å²) < 4.78 is 47.5. The number of nitro groups is 1. The summed E-state index contributed by atoms with van der Waals surface area (Å²) in [6.45, 7) is 1.76. The summed E-state index contributed by atoms with van der Waals surface area (Å²) in [6.07, 6.45) is 0. The molecule has 10 heteroatoms. The summed E-state index contributed by atoms with van der Waals surface area (Å²) in [6, 6.07) is 2.52. The van der Waals surface area contributed by atoms with Crippen LogP contribution in [0.5, 0.6) is 0 Å². The Morgan fingerprint density at radius 2 is 2.05 bits per heavy atom. The zero-order valence-electron chi connectivity index (χ0n) is 11.0. The monoisotopic (exact) mass is 324 g/mol. The summed E-state index contributed by atoms with van der Waals surface area (Å²) in [7, 11) is -4.89. The van der Waals surface area contributed by atoms with E-state index in [-0.39, 0.29) is 24.8 Å². The van der Waals surface area contributed by atoms with E-state index < -0.39 is 31.1 Å². The van der Waals surface area contributed by atoms with E-state index in [0.29, 0.717) is 6.07 Å². The number of aliphatic hydroxyl groups is 1. The van der Waals surface area contributed by atoms with Crippen LogP contribution in [0.4, 0.5) is 20.2 Å². The lowest BCUT2D eigenvalue weighted by atomic mass is 10.2. The predicted octanol–water partition coefficient (Wildman–Crippen LogP) is 1.63. The summed E-state index contributed by atoms with van der Waals surface area (Å²) in [4.78, 5) is 9.24. The molecule has 21 heavy (non-hydrogen) atoms. The smallest absolute Gasteiger partial charge is 0.341 e. The van der Waals surface area contributed by atoms with Gasteiger partial charge in [-0.05, 0) is 18.1 Å².